The summed E-state index contributed by atoms with van der Waals surface area (Å²) in [4.78, 5) is 11.2. The van der Waals surface area contributed by atoms with Gasteiger partial charge >= 0.3 is 0 Å². The molecule has 0 bridgehead atoms. The van der Waals surface area contributed by atoms with Gasteiger partial charge < -0.3 is 10.2 Å². The van der Waals surface area contributed by atoms with Crippen molar-refractivity contribution in [1.29, 1.82) is 0 Å². The van der Waals surface area contributed by atoms with Crippen LogP contribution in [0.1, 0.15) is 46.1 Å². The Bertz CT molecular complexity index is 335. The summed E-state index contributed by atoms with van der Waals surface area (Å²) >= 11 is 0. The second-order valence-electron chi connectivity index (χ2n) is 5.35. The molecule has 0 atom stereocenters. The maximum Gasteiger partial charge on any atom is 0.225 e. The van der Waals surface area contributed by atoms with Crippen LogP contribution >= 0.6 is 0 Å². The minimum Gasteiger partial charge on any atom is -0.341 e. The van der Waals surface area contributed by atoms with Crippen molar-refractivity contribution < 1.29 is 0 Å². The summed E-state index contributed by atoms with van der Waals surface area (Å²) in [5.41, 5.74) is 1.15. The van der Waals surface area contributed by atoms with Crippen molar-refractivity contribution in [2.24, 2.45) is 5.92 Å². The highest BCUT2D eigenvalue weighted by Gasteiger charge is 2.06. The van der Waals surface area contributed by atoms with Gasteiger partial charge in [-0.2, -0.15) is 0 Å². The summed E-state index contributed by atoms with van der Waals surface area (Å²) in [5.74, 6) is 1.52. The first-order valence-electron chi connectivity index (χ1n) is 7.43. The average molecular weight is 264 g/mol. The topological polar surface area (TPSA) is 41.1 Å². The number of aromatic nitrogens is 2. The van der Waals surface area contributed by atoms with E-state index < -0.39 is 0 Å². The summed E-state index contributed by atoms with van der Waals surface area (Å²) in [6.45, 7) is 12.6. The Labute approximate surface area is 117 Å². The Morgan fingerprint density at radius 1 is 1.21 bits per heavy atom. The van der Waals surface area contributed by atoms with Gasteiger partial charge in [-0.15, -0.1) is 0 Å². The van der Waals surface area contributed by atoms with Gasteiger partial charge in [0.25, 0.3) is 0 Å². The second-order valence-corrected chi connectivity index (χ2v) is 5.35. The lowest BCUT2D eigenvalue weighted by molar-refractivity contribution is 0.551. The third-order valence-corrected chi connectivity index (χ3v) is 3.02. The highest BCUT2D eigenvalue weighted by atomic mass is 15.2. The monoisotopic (exact) mass is 264 g/mol. The molecule has 0 aliphatic heterocycles. The van der Waals surface area contributed by atoms with Crippen molar-refractivity contribution >= 4 is 5.95 Å². The largest absolute Gasteiger partial charge is 0.341 e. The molecule has 1 rings (SSSR count). The van der Waals surface area contributed by atoms with Gasteiger partial charge in [0.1, 0.15) is 0 Å². The first-order valence-corrected chi connectivity index (χ1v) is 7.43. The lowest BCUT2D eigenvalue weighted by atomic mass is 10.2. The van der Waals surface area contributed by atoms with Gasteiger partial charge in [0.15, 0.2) is 0 Å². The van der Waals surface area contributed by atoms with Gasteiger partial charge in [0.2, 0.25) is 5.95 Å². The van der Waals surface area contributed by atoms with Crippen molar-refractivity contribution in [1.82, 2.24) is 15.3 Å². The Balaban J connectivity index is 2.49. The van der Waals surface area contributed by atoms with Crippen molar-refractivity contribution in [2.75, 3.05) is 24.5 Å². The molecule has 0 unspecified atom stereocenters. The zero-order chi connectivity index (χ0) is 14.1. The Kier molecular flexibility index (Phi) is 7.41. The van der Waals surface area contributed by atoms with Crippen molar-refractivity contribution in [3.05, 3.63) is 18.0 Å². The van der Waals surface area contributed by atoms with Crippen LogP contribution in [0.5, 0.6) is 0 Å². The minimum atomic E-state index is 0.671. The van der Waals surface area contributed by atoms with E-state index in [4.69, 9.17) is 0 Å². The van der Waals surface area contributed by atoms with Crippen LogP contribution in [0, 0.1) is 5.92 Å². The molecular formula is C15H28N4. The number of nitrogens with one attached hydrogen (secondary N) is 1. The normalized spacial score (nSPS) is 11.0. The lowest BCUT2D eigenvalue weighted by Gasteiger charge is -2.20. The molecule has 1 N–H and O–H groups in total. The van der Waals surface area contributed by atoms with Crippen LogP contribution in [0.4, 0.5) is 5.95 Å². The van der Waals surface area contributed by atoms with E-state index in [2.05, 4.69) is 47.9 Å². The molecule has 0 amide bonds. The Hall–Kier alpha value is -1.16. The van der Waals surface area contributed by atoms with Crippen LogP contribution in [0.3, 0.4) is 0 Å². The maximum atomic E-state index is 4.48. The Morgan fingerprint density at radius 2 is 1.89 bits per heavy atom. The van der Waals surface area contributed by atoms with Gasteiger partial charge in [0, 0.05) is 37.6 Å². The van der Waals surface area contributed by atoms with E-state index >= 15 is 0 Å². The first kappa shape index (κ1) is 15.9. The third kappa shape index (κ3) is 6.01. The van der Waals surface area contributed by atoms with Gasteiger partial charge in [-0.3, -0.25) is 0 Å². The van der Waals surface area contributed by atoms with Crippen LogP contribution in [0.25, 0.3) is 0 Å². The van der Waals surface area contributed by atoms with E-state index in [-0.39, 0.29) is 0 Å². The first-order chi connectivity index (χ1) is 9.17. The number of hydrogen-bond donors (Lipinski definition) is 1. The predicted octanol–water partition coefficient (Wildman–Crippen LogP) is 2.85. The highest BCUT2D eigenvalue weighted by Crippen LogP contribution is 2.08. The molecule has 0 aliphatic rings. The van der Waals surface area contributed by atoms with Crippen LogP contribution < -0.4 is 10.2 Å². The van der Waals surface area contributed by atoms with E-state index in [1.807, 2.05) is 12.4 Å². The van der Waals surface area contributed by atoms with Crippen LogP contribution in [-0.2, 0) is 6.54 Å². The fraction of sp³-hybridized carbons (Fsp3) is 0.733. The molecule has 1 aromatic heterocycles. The molecule has 4 heteroatoms. The summed E-state index contributed by atoms with van der Waals surface area (Å²) < 4.78 is 0. The van der Waals surface area contributed by atoms with Gasteiger partial charge in [0.05, 0.1) is 0 Å². The number of hydrogen-bond acceptors (Lipinski definition) is 4. The number of unbranched alkanes of at least 4 members (excludes halogenated alkanes) is 1. The Morgan fingerprint density at radius 3 is 2.42 bits per heavy atom. The quantitative estimate of drug-likeness (QED) is 0.744. The summed E-state index contributed by atoms with van der Waals surface area (Å²) in [6.07, 6.45) is 6.26. The van der Waals surface area contributed by atoms with Crippen molar-refractivity contribution in [2.45, 2.75) is 47.1 Å². The van der Waals surface area contributed by atoms with Gasteiger partial charge in [-0.25, -0.2) is 9.97 Å². The zero-order valence-corrected chi connectivity index (χ0v) is 12.8. The van der Waals surface area contributed by atoms with Crippen molar-refractivity contribution in [3.63, 3.8) is 0 Å². The molecule has 0 radical (unpaired) electrons. The summed E-state index contributed by atoms with van der Waals surface area (Å²) in [6, 6.07) is 0. The maximum absolute atomic E-state index is 4.48. The molecule has 108 valence electrons. The van der Waals surface area contributed by atoms with E-state index in [1.54, 1.807) is 0 Å². The molecule has 19 heavy (non-hydrogen) atoms. The fourth-order valence-corrected chi connectivity index (χ4v) is 1.86. The fourth-order valence-electron chi connectivity index (χ4n) is 1.86. The number of rotatable bonds is 9. The number of nitrogens with zero attached hydrogens (tertiary/aromatic N) is 3. The minimum absolute atomic E-state index is 0.671. The predicted molar refractivity (Wildman–Crippen MR) is 81.4 cm³/mol. The number of anilines is 1. The molecule has 1 aromatic rings. The molecule has 0 spiro atoms. The molecule has 0 aromatic carbocycles. The standard InChI is InChI=1S/C15H28N4/c1-5-7-8-19(6-2)15-17-11-14(12-18-15)10-16-9-13(3)4/h11-13,16H,5-10H2,1-4H3. The van der Waals surface area contributed by atoms with Gasteiger partial charge in [-0.05, 0) is 25.8 Å². The molecule has 4 nitrogen and oxygen atoms in total. The second kappa shape index (κ2) is 8.86. The van der Waals surface area contributed by atoms with Gasteiger partial charge in [-0.1, -0.05) is 27.2 Å². The molecule has 0 aliphatic carbocycles. The van der Waals surface area contributed by atoms with E-state index in [0.29, 0.717) is 5.92 Å². The average Bonchev–Trinajstić information content (AvgIpc) is 2.41. The van der Waals surface area contributed by atoms with Crippen LogP contribution in [0.2, 0.25) is 0 Å². The van der Waals surface area contributed by atoms with Crippen LogP contribution in [-0.4, -0.2) is 29.6 Å². The summed E-state index contributed by atoms with van der Waals surface area (Å²) in [5, 5.41) is 3.40. The van der Waals surface area contributed by atoms with E-state index in [9.17, 15) is 0 Å². The molecular weight excluding hydrogens is 236 g/mol. The smallest absolute Gasteiger partial charge is 0.225 e. The molecule has 0 saturated carbocycles. The van der Waals surface area contributed by atoms with Crippen molar-refractivity contribution in [3.8, 4) is 0 Å². The van der Waals surface area contributed by atoms with Crippen LogP contribution in [0.15, 0.2) is 12.4 Å². The third-order valence-electron chi connectivity index (χ3n) is 3.02. The zero-order valence-electron chi connectivity index (χ0n) is 12.8. The molecule has 0 fully saturated rings. The lowest BCUT2D eigenvalue weighted by Crippen LogP contribution is -2.26. The highest BCUT2D eigenvalue weighted by molar-refractivity contribution is 5.29. The van der Waals surface area contributed by atoms with E-state index in [0.717, 1.165) is 37.7 Å². The summed E-state index contributed by atoms with van der Waals surface area (Å²) in [7, 11) is 0. The SMILES string of the molecule is CCCCN(CC)c1ncc(CNCC(C)C)cn1. The van der Waals surface area contributed by atoms with E-state index in [1.165, 1.54) is 12.8 Å². The molecule has 1 heterocycles. The molecule has 0 saturated heterocycles.